The second-order valence-electron chi connectivity index (χ2n) is 9.38. The van der Waals surface area contributed by atoms with Gasteiger partial charge in [0.2, 0.25) is 5.91 Å². The molecular weight excluding hydrogens is 571 g/mol. The van der Waals surface area contributed by atoms with Gasteiger partial charge in [0.05, 0.1) is 5.92 Å². The number of carbonyl (C=O) groups excluding carboxylic acids is 2. The Balaban J connectivity index is 1.65. The fraction of sp³-hybridized carbons (Fsp3) is 0.133. The summed E-state index contributed by atoms with van der Waals surface area (Å²) >= 11 is 16.3. The predicted octanol–water partition coefficient (Wildman–Crippen LogP) is 7.53. The summed E-state index contributed by atoms with van der Waals surface area (Å²) in [6, 6.07) is 29.6. The molecule has 0 bridgehead atoms. The number of anilines is 1. The van der Waals surface area contributed by atoms with Crippen LogP contribution >= 0.6 is 39.1 Å². The second kappa shape index (κ2) is 9.41. The first kappa shape index (κ1) is 24.4. The number of amides is 1. The molecule has 4 aromatic rings. The maximum atomic E-state index is 14.5. The van der Waals surface area contributed by atoms with Crippen molar-refractivity contribution in [2.24, 2.45) is 5.92 Å². The Morgan fingerprint density at radius 2 is 1.51 bits per heavy atom. The largest absolute Gasteiger partial charge is 0.324 e. The van der Waals surface area contributed by atoms with Crippen LogP contribution < -0.4 is 10.6 Å². The minimum Gasteiger partial charge on any atom is -0.324 e. The molecule has 1 amide bonds. The Kier molecular flexibility index (Phi) is 6.20. The molecule has 184 valence electrons. The zero-order valence-corrected chi connectivity index (χ0v) is 22.5. The standard InChI is InChI=1S/C30H21BrCl2N2O2/c31-23-9-5-4-8-21(23)25-26(28(36)18-10-12-19(32)13-11-18)30(35-27(25)17-6-2-1-3-7-17)22-16-20(33)14-15-24(22)34-29(30)37/h1-16,25-27,35H,(H,34,37)/t25-,26?,27+,30?/m0/s1. The Morgan fingerprint density at radius 1 is 0.838 bits per heavy atom. The number of halogens is 3. The smallest absolute Gasteiger partial charge is 0.250 e. The monoisotopic (exact) mass is 590 g/mol. The molecule has 1 fully saturated rings. The SMILES string of the molecule is O=C(c1ccc(Cl)cc1)C1[C@H](c2ccccc2Br)[C@@H](c2ccccc2)NC12C(=O)Nc1ccc(Cl)cc12. The van der Waals surface area contributed by atoms with E-state index in [0.29, 0.717) is 26.9 Å². The van der Waals surface area contributed by atoms with Crippen molar-refractivity contribution in [1.82, 2.24) is 5.32 Å². The van der Waals surface area contributed by atoms with E-state index < -0.39 is 11.5 Å². The molecule has 2 unspecified atom stereocenters. The molecule has 0 radical (unpaired) electrons. The third kappa shape index (κ3) is 3.93. The van der Waals surface area contributed by atoms with E-state index in [9.17, 15) is 9.59 Å². The number of fused-ring (bicyclic) bond motifs is 2. The number of nitrogens with one attached hydrogen (secondary N) is 2. The maximum absolute atomic E-state index is 14.5. The van der Waals surface area contributed by atoms with Gasteiger partial charge in [0.15, 0.2) is 5.78 Å². The number of benzene rings is 4. The first-order valence-corrected chi connectivity index (χ1v) is 13.4. The van der Waals surface area contributed by atoms with Crippen molar-refractivity contribution >= 4 is 56.5 Å². The summed E-state index contributed by atoms with van der Waals surface area (Å²) in [7, 11) is 0. The van der Waals surface area contributed by atoms with Gasteiger partial charge in [-0.2, -0.15) is 0 Å². The Morgan fingerprint density at radius 3 is 2.24 bits per heavy atom. The highest BCUT2D eigenvalue weighted by Gasteiger charge is 2.64. The predicted molar refractivity (Wildman–Crippen MR) is 150 cm³/mol. The molecule has 0 aromatic heterocycles. The number of rotatable bonds is 4. The molecule has 0 aliphatic carbocycles. The third-order valence-corrected chi connectivity index (χ3v) is 8.62. The Hall–Kier alpha value is -2.96. The molecule has 4 aromatic carbocycles. The average molecular weight is 592 g/mol. The molecule has 1 spiro atoms. The molecule has 2 aliphatic heterocycles. The minimum absolute atomic E-state index is 0.147. The number of carbonyl (C=O) groups is 2. The molecule has 4 nitrogen and oxygen atoms in total. The van der Waals surface area contributed by atoms with Gasteiger partial charge < -0.3 is 5.32 Å². The average Bonchev–Trinajstić information content (AvgIpc) is 3.40. The van der Waals surface area contributed by atoms with E-state index in [4.69, 9.17) is 23.2 Å². The molecule has 2 heterocycles. The summed E-state index contributed by atoms with van der Waals surface area (Å²) in [4.78, 5) is 28.5. The molecule has 4 atom stereocenters. The molecule has 6 rings (SSSR count). The molecule has 37 heavy (non-hydrogen) atoms. The van der Waals surface area contributed by atoms with Crippen LogP contribution in [0, 0.1) is 5.92 Å². The molecule has 7 heteroatoms. The van der Waals surface area contributed by atoms with Gasteiger partial charge in [0.1, 0.15) is 5.54 Å². The van der Waals surface area contributed by atoms with Crippen LogP contribution in [-0.4, -0.2) is 11.7 Å². The van der Waals surface area contributed by atoms with Crippen LogP contribution in [0.15, 0.2) is 102 Å². The van der Waals surface area contributed by atoms with Crippen LogP contribution in [-0.2, 0) is 10.3 Å². The highest BCUT2D eigenvalue weighted by Crippen LogP contribution is 2.58. The highest BCUT2D eigenvalue weighted by atomic mass is 79.9. The van der Waals surface area contributed by atoms with Gasteiger partial charge in [0, 0.05) is 43.3 Å². The van der Waals surface area contributed by atoms with E-state index in [0.717, 1.165) is 15.6 Å². The van der Waals surface area contributed by atoms with Gasteiger partial charge in [0.25, 0.3) is 0 Å². The van der Waals surface area contributed by atoms with Crippen LogP contribution in [0.2, 0.25) is 10.0 Å². The number of ketones is 1. The summed E-state index contributed by atoms with van der Waals surface area (Å²) in [6.45, 7) is 0. The quantitative estimate of drug-likeness (QED) is 0.241. The van der Waals surface area contributed by atoms with Crippen molar-refractivity contribution in [3.05, 3.63) is 134 Å². The van der Waals surface area contributed by atoms with Gasteiger partial charge >= 0.3 is 0 Å². The fourth-order valence-electron chi connectivity index (χ4n) is 5.84. The van der Waals surface area contributed by atoms with Gasteiger partial charge in [-0.25, -0.2) is 0 Å². The van der Waals surface area contributed by atoms with Gasteiger partial charge in [-0.3, -0.25) is 14.9 Å². The normalized spacial score (nSPS) is 24.2. The topological polar surface area (TPSA) is 58.2 Å². The zero-order valence-electron chi connectivity index (χ0n) is 19.4. The zero-order chi connectivity index (χ0) is 25.7. The van der Waals surface area contributed by atoms with E-state index in [1.165, 1.54) is 0 Å². The van der Waals surface area contributed by atoms with E-state index in [-0.39, 0.29) is 23.7 Å². The maximum Gasteiger partial charge on any atom is 0.250 e. The summed E-state index contributed by atoms with van der Waals surface area (Å²) in [5.74, 6) is -1.58. The lowest BCUT2D eigenvalue weighted by Gasteiger charge is -2.31. The third-order valence-electron chi connectivity index (χ3n) is 7.41. The van der Waals surface area contributed by atoms with Crippen molar-refractivity contribution in [2.45, 2.75) is 17.5 Å². The lowest BCUT2D eigenvalue weighted by molar-refractivity contribution is -0.122. The van der Waals surface area contributed by atoms with Crippen LogP contribution in [0.3, 0.4) is 0 Å². The molecule has 2 aliphatic rings. The van der Waals surface area contributed by atoms with E-state index in [1.54, 1.807) is 42.5 Å². The van der Waals surface area contributed by atoms with E-state index in [1.807, 2.05) is 54.6 Å². The lowest BCUT2D eigenvalue weighted by Crippen LogP contribution is -2.50. The number of Topliss-reactive ketones (excluding diaryl/α,β-unsaturated/α-hetero) is 1. The summed E-state index contributed by atoms with van der Waals surface area (Å²) in [5.41, 5.74) is 2.40. The molecular formula is C30H21BrCl2N2O2. The van der Waals surface area contributed by atoms with Crippen LogP contribution in [0.4, 0.5) is 5.69 Å². The van der Waals surface area contributed by atoms with Gasteiger partial charge in [-0.15, -0.1) is 0 Å². The minimum atomic E-state index is -1.34. The van der Waals surface area contributed by atoms with Crippen LogP contribution in [0.25, 0.3) is 0 Å². The van der Waals surface area contributed by atoms with Crippen molar-refractivity contribution in [1.29, 1.82) is 0 Å². The number of hydrogen-bond acceptors (Lipinski definition) is 3. The summed E-state index contributed by atoms with van der Waals surface area (Å²) in [5, 5.41) is 7.71. The van der Waals surface area contributed by atoms with Crippen molar-refractivity contribution < 1.29 is 9.59 Å². The highest BCUT2D eigenvalue weighted by molar-refractivity contribution is 9.10. The van der Waals surface area contributed by atoms with E-state index in [2.05, 4.69) is 26.6 Å². The van der Waals surface area contributed by atoms with Crippen LogP contribution in [0.5, 0.6) is 0 Å². The summed E-state index contributed by atoms with van der Waals surface area (Å²) in [6.07, 6.45) is 0. The molecule has 1 saturated heterocycles. The first-order valence-electron chi connectivity index (χ1n) is 11.9. The Bertz CT molecular complexity index is 1530. The first-order chi connectivity index (χ1) is 17.9. The molecule has 2 N–H and O–H groups in total. The second-order valence-corrected chi connectivity index (χ2v) is 11.1. The fourth-order valence-corrected chi connectivity index (χ4v) is 6.69. The lowest BCUT2D eigenvalue weighted by atomic mass is 9.69. The van der Waals surface area contributed by atoms with Gasteiger partial charge in [-0.1, -0.05) is 87.7 Å². The Labute approximate surface area is 233 Å². The summed E-state index contributed by atoms with van der Waals surface area (Å²) < 4.78 is 0.874. The van der Waals surface area contributed by atoms with Crippen molar-refractivity contribution in [3.63, 3.8) is 0 Å². The number of hydrogen-bond donors (Lipinski definition) is 2. The molecule has 0 saturated carbocycles. The van der Waals surface area contributed by atoms with E-state index >= 15 is 0 Å². The van der Waals surface area contributed by atoms with Crippen molar-refractivity contribution in [2.75, 3.05) is 5.32 Å². The van der Waals surface area contributed by atoms with Crippen LogP contribution in [0.1, 0.15) is 39.0 Å². The van der Waals surface area contributed by atoms with Gasteiger partial charge in [-0.05, 0) is 59.7 Å². The van der Waals surface area contributed by atoms with Crippen molar-refractivity contribution in [3.8, 4) is 0 Å².